The second-order valence-electron chi connectivity index (χ2n) is 6.10. The van der Waals surface area contributed by atoms with Crippen LogP contribution in [-0.2, 0) is 30.5 Å². The van der Waals surface area contributed by atoms with Crippen molar-refractivity contribution < 1.29 is 23.9 Å². The number of ether oxygens (including phenoxy) is 1. The number of amides is 3. The lowest BCUT2D eigenvalue weighted by molar-refractivity contribution is -0.152. The molecule has 1 fully saturated rings. The summed E-state index contributed by atoms with van der Waals surface area (Å²) in [7, 11) is 0. The summed E-state index contributed by atoms with van der Waals surface area (Å²) >= 11 is 6.10. The molecule has 146 valence electrons. The minimum atomic E-state index is -0.629. The maximum absolute atomic E-state index is 12.1. The molecule has 1 aliphatic rings. The predicted molar refractivity (Wildman–Crippen MR) is 97.6 cm³/mol. The van der Waals surface area contributed by atoms with Crippen molar-refractivity contribution in [3.63, 3.8) is 0 Å². The second kappa shape index (κ2) is 9.91. The highest BCUT2D eigenvalue weighted by Crippen LogP contribution is 2.24. The van der Waals surface area contributed by atoms with E-state index >= 15 is 0 Å². The Bertz CT molecular complexity index is 725. The molecule has 1 saturated heterocycles. The van der Waals surface area contributed by atoms with Crippen LogP contribution in [0.3, 0.4) is 0 Å². The third-order valence-electron chi connectivity index (χ3n) is 4.03. The molecule has 0 aliphatic carbocycles. The molecule has 0 spiro atoms. The quantitative estimate of drug-likeness (QED) is 0.623. The Morgan fingerprint density at radius 3 is 2.67 bits per heavy atom. The number of hydrogen-bond acceptors (Lipinski definition) is 5. The van der Waals surface area contributed by atoms with Gasteiger partial charge in [-0.2, -0.15) is 0 Å². The largest absolute Gasteiger partial charge is 0.455 e. The van der Waals surface area contributed by atoms with E-state index in [4.69, 9.17) is 16.3 Å². The number of nitrogens with zero attached hydrogens (tertiary/aromatic N) is 1. The van der Waals surface area contributed by atoms with E-state index in [-0.39, 0.29) is 31.3 Å². The van der Waals surface area contributed by atoms with Gasteiger partial charge in [-0.25, -0.2) is 0 Å². The lowest BCUT2D eigenvalue weighted by atomic mass is 10.1. The summed E-state index contributed by atoms with van der Waals surface area (Å²) in [5.41, 5.74) is 0.797. The van der Waals surface area contributed by atoms with Gasteiger partial charge < -0.3 is 20.3 Å². The highest BCUT2D eigenvalue weighted by molar-refractivity contribution is 6.31. The maximum Gasteiger partial charge on any atom is 0.311 e. The average Bonchev–Trinajstić information content (AvgIpc) is 3.01. The van der Waals surface area contributed by atoms with Crippen LogP contribution in [0.25, 0.3) is 0 Å². The van der Waals surface area contributed by atoms with Gasteiger partial charge in [0.1, 0.15) is 0 Å². The van der Waals surface area contributed by atoms with E-state index in [1.807, 2.05) is 12.1 Å². The van der Waals surface area contributed by atoms with Gasteiger partial charge in [-0.3, -0.25) is 19.2 Å². The van der Waals surface area contributed by atoms with E-state index in [1.165, 1.54) is 0 Å². The zero-order valence-corrected chi connectivity index (χ0v) is 15.8. The van der Waals surface area contributed by atoms with E-state index < -0.39 is 24.4 Å². The Labute approximate surface area is 162 Å². The summed E-state index contributed by atoms with van der Waals surface area (Å²) in [5, 5.41) is 5.44. The fourth-order valence-corrected chi connectivity index (χ4v) is 2.85. The van der Waals surface area contributed by atoms with Crippen molar-refractivity contribution in [3.05, 3.63) is 34.9 Å². The summed E-state index contributed by atoms with van der Waals surface area (Å²) in [6.07, 6.45) is 0.0316. The highest BCUT2D eigenvalue weighted by Gasteiger charge is 2.35. The lowest BCUT2D eigenvalue weighted by Crippen LogP contribution is -2.39. The number of halogens is 1. The molecule has 1 aromatic rings. The van der Waals surface area contributed by atoms with Gasteiger partial charge in [-0.1, -0.05) is 29.8 Å². The van der Waals surface area contributed by atoms with E-state index in [9.17, 15) is 19.2 Å². The second-order valence-corrected chi connectivity index (χ2v) is 6.51. The monoisotopic (exact) mass is 395 g/mol. The van der Waals surface area contributed by atoms with Crippen molar-refractivity contribution in [1.82, 2.24) is 15.5 Å². The molecule has 1 aromatic carbocycles. The topological polar surface area (TPSA) is 105 Å². The van der Waals surface area contributed by atoms with Crippen LogP contribution in [0, 0.1) is 5.92 Å². The van der Waals surface area contributed by atoms with Gasteiger partial charge >= 0.3 is 5.97 Å². The summed E-state index contributed by atoms with van der Waals surface area (Å²) in [6.45, 7) is 2.08. The molecule has 0 bridgehead atoms. The minimum Gasteiger partial charge on any atom is -0.455 e. The van der Waals surface area contributed by atoms with Crippen LogP contribution < -0.4 is 10.6 Å². The van der Waals surface area contributed by atoms with Gasteiger partial charge in [-0.05, 0) is 18.6 Å². The first-order chi connectivity index (χ1) is 12.9. The van der Waals surface area contributed by atoms with Crippen molar-refractivity contribution in [2.75, 3.05) is 26.2 Å². The average molecular weight is 396 g/mol. The van der Waals surface area contributed by atoms with Crippen LogP contribution in [-0.4, -0.2) is 54.8 Å². The zero-order chi connectivity index (χ0) is 19.8. The molecule has 27 heavy (non-hydrogen) atoms. The zero-order valence-electron chi connectivity index (χ0n) is 15.0. The van der Waals surface area contributed by atoms with Gasteiger partial charge in [0.25, 0.3) is 5.91 Å². The lowest BCUT2D eigenvalue weighted by Gasteiger charge is -2.17. The molecule has 0 unspecified atom stereocenters. The Kier molecular flexibility index (Phi) is 7.60. The maximum atomic E-state index is 12.1. The van der Waals surface area contributed by atoms with Crippen LogP contribution in [0.15, 0.2) is 24.3 Å². The predicted octanol–water partition coefficient (Wildman–Crippen LogP) is 0.484. The number of likely N-dealkylation sites (N-methyl/N-ethyl adjacent to an activating group) is 1. The van der Waals surface area contributed by atoms with Gasteiger partial charge in [0.2, 0.25) is 11.8 Å². The summed E-state index contributed by atoms with van der Waals surface area (Å²) < 4.78 is 4.96. The van der Waals surface area contributed by atoms with Gasteiger partial charge in [-0.15, -0.1) is 0 Å². The standard InChI is InChI=1S/C18H22ClN3O5/c1-2-20-15(23)8-21-16(24)11-27-18(26)13-7-17(25)22(10-13)9-12-5-3-4-6-14(12)19/h3-6,13H,2,7-11H2,1H3,(H,20,23)(H,21,24)/t13-/m0/s1. The number of hydrogen-bond donors (Lipinski definition) is 2. The number of carbonyl (C=O) groups excluding carboxylic acids is 4. The first-order valence-electron chi connectivity index (χ1n) is 8.62. The molecule has 9 heteroatoms. The van der Waals surface area contributed by atoms with Gasteiger partial charge in [0, 0.05) is 31.1 Å². The van der Waals surface area contributed by atoms with E-state index in [0.29, 0.717) is 18.1 Å². The van der Waals surface area contributed by atoms with Crippen molar-refractivity contribution in [2.45, 2.75) is 19.9 Å². The van der Waals surface area contributed by atoms with E-state index in [2.05, 4.69) is 10.6 Å². The molecule has 2 rings (SSSR count). The van der Waals surface area contributed by atoms with Crippen molar-refractivity contribution in [1.29, 1.82) is 0 Å². The van der Waals surface area contributed by atoms with Gasteiger partial charge in [0.15, 0.2) is 6.61 Å². The van der Waals surface area contributed by atoms with Crippen LogP contribution in [0.2, 0.25) is 5.02 Å². The molecule has 8 nitrogen and oxygen atoms in total. The normalized spacial score (nSPS) is 16.1. The van der Waals surface area contributed by atoms with Crippen LogP contribution in [0.5, 0.6) is 0 Å². The fourth-order valence-electron chi connectivity index (χ4n) is 2.66. The number of nitrogens with one attached hydrogen (secondary N) is 2. The van der Waals surface area contributed by atoms with Crippen LogP contribution in [0.1, 0.15) is 18.9 Å². The number of benzene rings is 1. The number of esters is 1. The molecule has 2 N–H and O–H groups in total. The molecule has 1 heterocycles. The SMILES string of the molecule is CCNC(=O)CNC(=O)COC(=O)[C@H]1CC(=O)N(Cc2ccccc2Cl)C1. The molecule has 0 aromatic heterocycles. The Morgan fingerprint density at radius 2 is 1.96 bits per heavy atom. The number of likely N-dealkylation sites (tertiary alicyclic amines) is 1. The summed E-state index contributed by atoms with van der Waals surface area (Å²) in [6, 6.07) is 7.19. The fraction of sp³-hybridized carbons (Fsp3) is 0.444. The third kappa shape index (κ3) is 6.25. The van der Waals surface area contributed by atoms with Crippen molar-refractivity contribution >= 4 is 35.3 Å². The number of rotatable bonds is 8. The minimum absolute atomic E-state index is 0.0316. The van der Waals surface area contributed by atoms with Crippen LogP contribution >= 0.6 is 11.6 Å². The van der Waals surface area contributed by atoms with Crippen molar-refractivity contribution in [2.24, 2.45) is 5.92 Å². The molecule has 0 radical (unpaired) electrons. The molecule has 3 amide bonds. The molecule has 1 aliphatic heterocycles. The molecule has 0 saturated carbocycles. The summed E-state index contributed by atoms with van der Waals surface area (Å²) in [4.78, 5) is 48.7. The highest BCUT2D eigenvalue weighted by atomic mass is 35.5. The van der Waals surface area contributed by atoms with E-state index in [1.54, 1.807) is 24.0 Å². The van der Waals surface area contributed by atoms with Crippen LogP contribution in [0.4, 0.5) is 0 Å². The first-order valence-corrected chi connectivity index (χ1v) is 8.99. The number of carbonyl (C=O) groups is 4. The Hall–Kier alpha value is -2.61. The van der Waals surface area contributed by atoms with Crippen molar-refractivity contribution in [3.8, 4) is 0 Å². The van der Waals surface area contributed by atoms with E-state index in [0.717, 1.165) is 5.56 Å². The Balaban J connectivity index is 1.77. The summed E-state index contributed by atoms with van der Waals surface area (Å²) in [5.74, 6) is -2.31. The molecular weight excluding hydrogens is 374 g/mol. The first kappa shape index (κ1) is 20.7. The molecule has 1 atom stereocenters. The third-order valence-corrected chi connectivity index (χ3v) is 4.40. The van der Waals surface area contributed by atoms with Gasteiger partial charge in [0.05, 0.1) is 12.5 Å². The molecular formula is C18H22ClN3O5. The smallest absolute Gasteiger partial charge is 0.311 e. The Morgan fingerprint density at radius 1 is 1.22 bits per heavy atom.